The van der Waals surface area contributed by atoms with Crippen LogP contribution in [0.3, 0.4) is 0 Å². The van der Waals surface area contributed by atoms with E-state index in [2.05, 4.69) is 12.3 Å². The molecule has 9 heavy (non-hydrogen) atoms. The van der Waals surface area contributed by atoms with Gasteiger partial charge in [0.05, 0.1) is 0 Å². The molecule has 0 aromatic carbocycles. The normalized spacial score (nSPS) is 9.78. The third kappa shape index (κ3) is 3.97. The summed E-state index contributed by atoms with van der Waals surface area (Å²) in [6, 6.07) is 0. The van der Waals surface area contributed by atoms with Crippen molar-refractivity contribution >= 4 is 5.91 Å². The molecule has 1 radical (unpaired) electrons. The van der Waals surface area contributed by atoms with Crippen molar-refractivity contribution < 1.29 is 4.79 Å². The molecule has 0 aromatic rings. The topological polar surface area (TPSA) is 32.3 Å². The number of carbonyl (C=O) groups excluding carboxylic acids is 1. The molecule has 53 valence electrons. The highest BCUT2D eigenvalue weighted by Crippen LogP contribution is 1.77. The van der Waals surface area contributed by atoms with E-state index in [9.17, 15) is 4.79 Å². The van der Waals surface area contributed by atoms with Crippen LogP contribution in [-0.4, -0.2) is 24.0 Å². The second-order valence-electron chi connectivity index (χ2n) is 1.71. The molecular formula is C6H13N2O. The second kappa shape index (κ2) is 4.32. The summed E-state index contributed by atoms with van der Waals surface area (Å²) in [7, 11) is 0. The first-order valence-electron chi connectivity index (χ1n) is 3.08. The Hall–Kier alpha value is -0.570. The van der Waals surface area contributed by atoms with Crippen molar-refractivity contribution in [3.8, 4) is 0 Å². The summed E-state index contributed by atoms with van der Waals surface area (Å²) in [5.41, 5.74) is 2.56. The van der Waals surface area contributed by atoms with Crippen LogP contribution in [0.1, 0.15) is 13.8 Å². The smallest absolute Gasteiger partial charge is 0.234 e. The fourth-order valence-electron chi connectivity index (χ4n) is 0.558. The minimum atomic E-state index is -0.251. The minimum Gasteiger partial charge on any atom is -0.289 e. The zero-order chi connectivity index (χ0) is 7.28. The fraction of sp³-hybridized carbons (Fsp3) is 0.667. The number of nitrogens with zero attached hydrogens (tertiary/aromatic N) is 1. The lowest BCUT2D eigenvalue weighted by molar-refractivity contribution is -0.121. The zero-order valence-corrected chi connectivity index (χ0v) is 5.98. The van der Waals surface area contributed by atoms with Crippen molar-refractivity contribution in [1.29, 1.82) is 0 Å². The molecule has 0 heterocycles. The average molecular weight is 129 g/mol. The van der Waals surface area contributed by atoms with Crippen LogP contribution in [0.25, 0.3) is 0 Å². The third-order valence-electron chi connectivity index (χ3n) is 1.05. The van der Waals surface area contributed by atoms with E-state index in [1.807, 2.05) is 13.8 Å². The Bertz CT molecular complexity index is 89.1. The Morgan fingerprint density at radius 3 is 2.11 bits per heavy atom. The Balaban J connectivity index is 3.43. The molecule has 0 aliphatic heterocycles. The third-order valence-corrected chi connectivity index (χ3v) is 1.05. The highest BCUT2D eigenvalue weighted by Gasteiger charge is 1.97. The fourth-order valence-corrected chi connectivity index (χ4v) is 0.558. The van der Waals surface area contributed by atoms with Gasteiger partial charge in [-0.15, -0.1) is 0 Å². The van der Waals surface area contributed by atoms with Gasteiger partial charge in [0.25, 0.3) is 0 Å². The van der Waals surface area contributed by atoms with Crippen LogP contribution in [0.4, 0.5) is 0 Å². The van der Waals surface area contributed by atoms with Crippen LogP contribution in [-0.2, 0) is 4.79 Å². The lowest BCUT2D eigenvalue weighted by Gasteiger charge is -2.17. The molecule has 0 atom stereocenters. The highest BCUT2D eigenvalue weighted by molar-refractivity contribution is 5.79. The van der Waals surface area contributed by atoms with E-state index in [0.717, 1.165) is 13.1 Å². The van der Waals surface area contributed by atoms with Gasteiger partial charge in [-0.05, 0) is 0 Å². The molecular weight excluding hydrogens is 116 g/mol. The predicted octanol–water partition coefficient (Wildman–Crippen LogP) is 0.193. The van der Waals surface area contributed by atoms with E-state index in [4.69, 9.17) is 0 Å². The Morgan fingerprint density at radius 2 is 2.00 bits per heavy atom. The number of rotatable bonds is 3. The van der Waals surface area contributed by atoms with Crippen molar-refractivity contribution in [1.82, 2.24) is 10.4 Å². The van der Waals surface area contributed by atoms with E-state index in [1.165, 1.54) is 0 Å². The van der Waals surface area contributed by atoms with Crippen LogP contribution >= 0.6 is 0 Å². The van der Waals surface area contributed by atoms with E-state index in [0.29, 0.717) is 0 Å². The summed E-state index contributed by atoms with van der Waals surface area (Å²) < 4.78 is 0. The van der Waals surface area contributed by atoms with Gasteiger partial charge in [-0.2, -0.15) is 0 Å². The molecule has 3 nitrogen and oxygen atoms in total. The van der Waals surface area contributed by atoms with Gasteiger partial charge < -0.3 is 0 Å². The summed E-state index contributed by atoms with van der Waals surface area (Å²) in [5.74, 6) is -0.251. The minimum absolute atomic E-state index is 0.251. The van der Waals surface area contributed by atoms with Gasteiger partial charge in [-0.1, -0.05) is 13.8 Å². The molecule has 0 saturated carbocycles. The molecule has 0 bridgehead atoms. The number of amides is 1. The van der Waals surface area contributed by atoms with Crippen molar-refractivity contribution in [3.05, 3.63) is 6.92 Å². The molecule has 0 unspecified atom stereocenters. The van der Waals surface area contributed by atoms with Crippen LogP contribution in [0.5, 0.6) is 0 Å². The second-order valence-corrected chi connectivity index (χ2v) is 1.71. The maximum atomic E-state index is 10.3. The van der Waals surface area contributed by atoms with Crippen LogP contribution in [0.15, 0.2) is 0 Å². The lowest BCUT2D eigenvalue weighted by atomic mass is 10.6. The van der Waals surface area contributed by atoms with E-state index in [-0.39, 0.29) is 5.91 Å². The average Bonchev–Trinajstić information content (AvgIpc) is 1.82. The molecule has 0 aliphatic carbocycles. The standard InChI is InChI=1S/C6H13N2O/c1-4-8(5-2)7-6(3)9/h3-5H2,1-2H3,(H,7,9). The Labute approximate surface area is 56.0 Å². The summed E-state index contributed by atoms with van der Waals surface area (Å²) in [4.78, 5) is 10.3. The van der Waals surface area contributed by atoms with Gasteiger partial charge in [0.15, 0.2) is 0 Å². The molecule has 0 rings (SSSR count). The molecule has 0 aromatic heterocycles. The van der Waals surface area contributed by atoms with Gasteiger partial charge in [0.1, 0.15) is 0 Å². The molecule has 0 spiro atoms. The number of carbonyl (C=O) groups is 1. The number of nitrogens with one attached hydrogen (secondary N) is 1. The maximum absolute atomic E-state index is 10.3. The molecule has 0 aliphatic rings. The summed E-state index contributed by atoms with van der Waals surface area (Å²) in [5, 5.41) is 1.79. The van der Waals surface area contributed by atoms with Crippen molar-refractivity contribution in [3.63, 3.8) is 0 Å². The van der Waals surface area contributed by atoms with Crippen molar-refractivity contribution in [2.75, 3.05) is 13.1 Å². The Kier molecular flexibility index (Phi) is 4.05. The van der Waals surface area contributed by atoms with E-state index in [1.54, 1.807) is 5.01 Å². The quantitative estimate of drug-likeness (QED) is 0.552. The van der Waals surface area contributed by atoms with Gasteiger partial charge in [0, 0.05) is 20.0 Å². The van der Waals surface area contributed by atoms with Gasteiger partial charge >= 0.3 is 0 Å². The summed E-state index contributed by atoms with van der Waals surface area (Å²) >= 11 is 0. The Morgan fingerprint density at radius 1 is 1.56 bits per heavy atom. The summed E-state index contributed by atoms with van der Waals surface area (Å²) in [6.07, 6.45) is 0. The summed E-state index contributed by atoms with van der Waals surface area (Å²) in [6.45, 7) is 8.76. The largest absolute Gasteiger partial charge is 0.289 e. The molecule has 3 heteroatoms. The van der Waals surface area contributed by atoms with E-state index >= 15 is 0 Å². The first kappa shape index (κ1) is 8.43. The number of hydrazine groups is 1. The lowest BCUT2D eigenvalue weighted by Crippen LogP contribution is -2.40. The molecule has 1 amide bonds. The highest BCUT2D eigenvalue weighted by atomic mass is 16.2. The molecule has 1 N–H and O–H groups in total. The van der Waals surface area contributed by atoms with E-state index < -0.39 is 0 Å². The molecule has 0 saturated heterocycles. The van der Waals surface area contributed by atoms with Crippen LogP contribution in [0.2, 0.25) is 0 Å². The van der Waals surface area contributed by atoms with Gasteiger partial charge in [0.2, 0.25) is 5.91 Å². The first-order valence-corrected chi connectivity index (χ1v) is 3.08. The number of hydrogen-bond donors (Lipinski definition) is 1. The zero-order valence-electron chi connectivity index (χ0n) is 5.98. The SMILES string of the molecule is [CH2]C(=O)NN(CC)CC. The monoisotopic (exact) mass is 129 g/mol. The van der Waals surface area contributed by atoms with Crippen molar-refractivity contribution in [2.24, 2.45) is 0 Å². The first-order chi connectivity index (χ1) is 4.20. The predicted molar refractivity (Wildman–Crippen MR) is 36.4 cm³/mol. The number of hydrogen-bond acceptors (Lipinski definition) is 2. The van der Waals surface area contributed by atoms with Crippen LogP contribution < -0.4 is 5.43 Å². The van der Waals surface area contributed by atoms with Gasteiger partial charge in [-0.25, -0.2) is 5.01 Å². The van der Waals surface area contributed by atoms with Crippen LogP contribution in [0, 0.1) is 6.92 Å². The molecule has 0 fully saturated rings. The van der Waals surface area contributed by atoms with Gasteiger partial charge in [-0.3, -0.25) is 10.2 Å². The van der Waals surface area contributed by atoms with Crippen molar-refractivity contribution in [2.45, 2.75) is 13.8 Å². The maximum Gasteiger partial charge on any atom is 0.234 e.